The van der Waals surface area contributed by atoms with Gasteiger partial charge in [0.1, 0.15) is 5.75 Å². The Balaban J connectivity index is 2.14. The van der Waals surface area contributed by atoms with Crippen molar-refractivity contribution in [2.75, 3.05) is 7.11 Å². The van der Waals surface area contributed by atoms with E-state index in [4.69, 9.17) is 4.74 Å². The van der Waals surface area contributed by atoms with Gasteiger partial charge in [-0.05, 0) is 41.0 Å². The Hall–Kier alpha value is -3.05. The number of fused-ring (bicyclic) bond motifs is 1. The predicted octanol–water partition coefficient (Wildman–Crippen LogP) is 5.22. The van der Waals surface area contributed by atoms with E-state index in [0.29, 0.717) is 5.57 Å². The van der Waals surface area contributed by atoms with Crippen LogP contribution in [-0.4, -0.2) is 7.11 Å². The molecule has 0 atom stereocenters. The van der Waals surface area contributed by atoms with Crippen LogP contribution in [0.25, 0.3) is 22.4 Å². The highest BCUT2D eigenvalue weighted by molar-refractivity contribution is 6.01. The summed E-state index contributed by atoms with van der Waals surface area (Å²) in [5.74, 6) is 0.828. The van der Waals surface area contributed by atoms with Crippen LogP contribution in [0.4, 0.5) is 0 Å². The molecule has 0 aliphatic rings. The molecule has 2 heteroatoms. The van der Waals surface area contributed by atoms with Gasteiger partial charge in [-0.3, -0.25) is 0 Å². The number of methoxy groups -OCH3 is 1. The Bertz CT molecular complexity index is 927. The van der Waals surface area contributed by atoms with E-state index >= 15 is 0 Å². The Morgan fingerprint density at radius 1 is 1.04 bits per heavy atom. The topological polar surface area (TPSA) is 33.0 Å². The zero-order chi connectivity index (χ0) is 16.2. The second-order valence-corrected chi connectivity index (χ2v) is 5.43. The van der Waals surface area contributed by atoms with Crippen LogP contribution in [0.5, 0.6) is 5.75 Å². The second kappa shape index (κ2) is 6.37. The van der Waals surface area contributed by atoms with Crippen LogP contribution in [0.1, 0.15) is 16.7 Å². The average Bonchev–Trinajstić information content (AvgIpc) is 2.60. The van der Waals surface area contributed by atoms with Gasteiger partial charge in [-0.2, -0.15) is 5.26 Å². The molecule has 0 saturated carbocycles. The number of allylic oxidation sites excluding steroid dienone is 1. The lowest BCUT2D eigenvalue weighted by Gasteiger charge is -2.07. The molecule has 112 valence electrons. The van der Waals surface area contributed by atoms with E-state index in [2.05, 4.69) is 18.2 Å². The molecule has 3 aromatic rings. The summed E-state index contributed by atoms with van der Waals surface area (Å²) in [6.45, 7) is 2.00. The third-order valence-electron chi connectivity index (χ3n) is 3.94. The van der Waals surface area contributed by atoms with Crippen molar-refractivity contribution in [3.8, 4) is 11.8 Å². The molecule has 0 unspecified atom stereocenters. The minimum absolute atomic E-state index is 0.646. The normalized spacial score (nSPS) is 11.3. The summed E-state index contributed by atoms with van der Waals surface area (Å²) in [7, 11) is 1.66. The van der Waals surface area contributed by atoms with Crippen LogP contribution < -0.4 is 4.74 Å². The lowest BCUT2D eigenvalue weighted by atomic mass is 9.97. The maximum Gasteiger partial charge on any atom is 0.122 e. The van der Waals surface area contributed by atoms with E-state index in [0.717, 1.165) is 33.2 Å². The molecule has 0 aromatic heterocycles. The molecule has 0 heterocycles. The minimum Gasteiger partial charge on any atom is -0.496 e. The largest absolute Gasteiger partial charge is 0.496 e. The molecule has 0 bridgehead atoms. The summed E-state index contributed by atoms with van der Waals surface area (Å²) in [5, 5.41) is 11.8. The van der Waals surface area contributed by atoms with E-state index in [1.807, 2.05) is 61.5 Å². The van der Waals surface area contributed by atoms with Gasteiger partial charge in [0.05, 0.1) is 18.8 Å². The highest BCUT2D eigenvalue weighted by Crippen LogP contribution is 2.27. The van der Waals surface area contributed by atoms with Crippen molar-refractivity contribution in [1.82, 2.24) is 0 Å². The summed E-state index contributed by atoms with van der Waals surface area (Å²) in [6.07, 6.45) is 1.91. The first kappa shape index (κ1) is 14.9. The van der Waals surface area contributed by atoms with Crippen LogP contribution in [0.2, 0.25) is 0 Å². The lowest BCUT2D eigenvalue weighted by Crippen LogP contribution is -1.89. The summed E-state index contributed by atoms with van der Waals surface area (Å²) in [4.78, 5) is 0. The first-order chi connectivity index (χ1) is 11.2. The van der Waals surface area contributed by atoms with Gasteiger partial charge in [0.15, 0.2) is 0 Å². The Morgan fingerprint density at radius 2 is 1.83 bits per heavy atom. The number of rotatable bonds is 3. The molecule has 3 aromatic carbocycles. The maximum atomic E-state index is 9.63. The molecule has 0 amide bonds. The summed E-state index contributed by atoms with van der Waals surface area (Å²) in [5.41, 5.74) is 3.63. The van der Waals surface area contributed by atoms with Gasteiger partial charge in [-0.25, -0.2) is 0 Å². The van der Waals surface area contributed by atoms with Crippen LogP contribution in [0.3, 0.4) is 0 Å². The summed E-state index contributed by atoms with van der Waals surface area (Å²) in [6, 6.07) is 22.4. The second-order valence-electron chi connectivity index (χ2n) is 5.43. The predicted molar refractivity (Wildman–Crippen MR) is 95.2 cm³/mol. The monoisotopic (exact) mass is 299 g/mol. The van der Waals surface area contributed by atoms with Gasteiger partial charge >= 0.3 is 0 Å². The lowest BCUT2D eigenvalue weighted by molar-refractivity contribution is 0.411. The van der Waals surface area contributed by atoms with E-state index in [1.165, 1.54) is 0 Å². The first-order valence-corrected chi connectivity index (χ1v) is 7.47. The van der Waals surface area contributed by atoms with Crippen LogP contribution in [0.15, 0.2) is 60.7 Å². The van der Waals surface area contributed by atoms with E-state index < -0.39 is 0 Å². The smallest absolute Gasteiger partial charge is 0.122 e. The molecule has 0 radical (unpaired) electrons. The fourth-order valence-electron chi connectivity index (χ4n) is 2.72. The van der Waals surface area contributed by atoms with Crippen LogP contribution in [0, 0.1) is 18.3 Å². The molecular formula is C21H17NO. The number of benzene rings is 3. The Labute approximate surface area is 136 Å². The summed E-state index contributed by atoms with van der Waals surface area (Å²) < 4.78 is 5.36. The Kier molecular flexibility index (Phi) is 4.12. The van der Waals surface area contributed by atoms with Crippen molar-refractivity contribution in [3.05, 3.63) is 77.4 Å². The molecule has 0 saturated heterocycles. The third kappa shape index (κ3) is 2.95. The minimum atomic E-state index is 0.646. The molecule has 2 nitrogen and oxygen atoms in total. The van der Waals surface area contributed by atoms with Crippen LogP contribution in [-0.2, 0) is 0 Å². The molecule has 0 aliphatic carbocycles. The highest BCUT2D eigenvalue weighted by Gasteiger charge is 2.07. The maximum absolute atomic E-state index is 9.63. The van der Waals surface area contributed by atoms with E-state index in [9.17, 15) is 5.26 Å². The van der Waals surface area contributed by atoms with Gasteiger partial charge in [-0.15, -0.1) is 0 Å². The molecule has 0 N–H and O–H groups in total. The highest BCUT2D eigenvalue weighted by atomic mass is 16.5. The average molecular weight is 299 g/mol. The van der Waals surface area contributed by atoms with Gasteiger partial charge in [-0.1, -0.05) is 54.6 Å². The zero-order valence-electron chi connectivity index (χ0n) is 13.2. The third-order valence-corrected chi connectivity index (χ3v) is 3.94. The number of nitriles is 1. The first-order valence-electron chi connectivity index (χ1n) is 7.47. The summed E-state index contributed by atoms with van der Waals surface area (Å²) >= 11 is 0. The number of hydrogen-bond acceptors (Lipinski definition) is 2. The van der Waals surface area contributed by atoms with Crippen molar-refractivity contribution in [2.24, 2.45) is 0 Å². The molecule has 0 aliphatic heterocycles. The molecule has 23 heavy (non-hydrogen) atoms. The van der Waals surface area contributed by atoms with Crippen LogP contribution >= 0.6 is 0 Å². The van der Waals surface area contributed by atoms with Crippen molar-refractivity contribution >= 4 is 22.4 Å². The zero-order valence-corrected chi connectivity index (χ0v) is 13.2. The Morgan fingerprint density at radius 3 is 2.61 bits per heavy atom. The van der Waals surface area contributed by atoms with Gasteiger partial charge < -0.3 is 4.74 Å². The number of nitrogens with zero attached hydrogens (tertiary/aromatic N) is 1. The molecule has 3 rings (SSSR count). The SMILES string of the molecule is COc1cc(/C=C(/C#N)c2cccc3ccccc23)ccc1C. The number of hydrogen-bond donors (Lipinski definition) is 0. The van der Waals surface area contributed by atoms with Gasteiger partial charge in [0, 0.05) is 5.56 Å². The standard InChI is InChI=1S/C21H17NO/c1-15-10-11-16(13-21(15)23-2)12-18(14-22)20-9-5-7-17-6-3-4-8-19(17)20/h3-13H,1-2H3/b18-12-. The van der Waals surface area contributed by atoms with E-state index in [-0.39, 0.29) is 0 Å². The number of aryl methyl sites for hydroxylation is 1. The molecule has 0 spiro atoms. The molecule has 0 fully saturated rings. The van der Waals surface area contributed by atoms with Crippen molar-refractivity contribution in [3.63, 3.8) is 0 Å². The fraction of sp³-hybridized carbons (Fsp3) is 0.0952. The van der Waals surface area contributed by atoms with Crippen molar-refractivity contribution in [2.45, 2.75) is 6.92 Å². The quantitative estimate of drug-likeness (QED) is 0.490. The van der Waals surface area contributed by atoms with E-state index in [1.54, 1.807) is 7.11 Å². The van der Waals surface area contributed by atoms with Crippen molar-refractivity contribution in [1.29, 1.82) is 5.26 Å². The van der Waals surface area contributed by atoms with Crippen molar-refractivity contribution < 1.29 is 4.74 Å². The van der Waals surface area contributed by atoms with Gasteiger partial charge in [0.25, 0.3) is 0 Å². The fourth-order valence-corrected chi connectivity index (χ4v) is 2.72. The molecular weight excluding hydrogens is 282 g/mol. The van der Waals surface area contributed by atoms with Gasteiger partial charge in [0.2, 0.25) is 0 Å². The number of ether oxygens (including phenoxy) is 1.